The van der Waals surface area contributed by atoms with E-state index in [1.807, 2.05) is 18.2 Å². The Kier molecular flexibility index (Phi) is 5.10. The van der Waals surface area contributed by atoms with Gasteiger partial charge >= 0.3 is 6.09 Å². The molecule has 0 bridgehead atoms. The molecule has 0 saturated carbocycles. The third kappa shape index (κ3) is 4.63. The number of hydrogen-bond acceptors (Lipinski definition) is 4. The Bertz CT molecular complexity index is 318. The highest BCUT2D eigenvalue weighted by Crippen LogP contribution is 2.05. The lowest BCUT2D eigenvalue weighted by atomic mass is 10.3. The molecule has 16 heavy (non-hydrogen) atoms. The van der Waals surface area contributed by atoms with Crippen LogP contribution in [0.2, 0.25) is 0 Å². The van der Waals surface area contributed by atoms with Crippen LogP contribution in [0.3, 0.4) is 0 Å². The quantitative estimate of drug-likeness (QED) is 0.535. The summed E-state index contributed by atoms with van der Waals surface area (Å²) in [5, 5.41) is 19.4. The molecular weight excluding hydrogens is 212 g/mol. The summed E-state index contributed by atoms with van der Waals surface area (Å²) >= 11 is 0. The highest BCUT2D eigenvalue weighted by molar-refractivity contribution is 5.64. The Labute approximate surface area is 92.8 Å². The summed E-state index contributed by atoms with van der Waals surface area (Å²) in [6, 6.07) is 9.10. The highest BCUT2D eigenvalue weighted by Gasteiger charge is 2.09. The van der Waals surface area contributed by atoms with Crippen LogP contribution in [-0.2, 0) is 4.84 Å². The van der Waals surface area contributed by atoms with Crippen LogP contribution < -0.4 is 10.8 Å². The first-order valence-corrected chi connectivity index (χ1v) is 4.76. The van der Waals surface area contributed by atoms with E-state index in [9.17, 15) is 4.79 Å². The molecule has 0 aliphatic heterocycles. The molecular formula is C10H14N2O4. The van der Waals surface area contributed by atoms with E-state index in [0.717, 1.165) is 5.69 Å². The van der Waals surface area contributed by atoms with Gasteiger partial charge in [-0.1, -0.05) is 18.2 Å². The van der Waals surface area contributed by atoms with E-state index in [2.05, 4.69) is 10.8 Å². The molecule has 0 aliphatic carbocycles. The maximum atomic E-state index is 10.2. The molecule has 6 heteroatoms. The number of para-hydroxylation sites is 1. The largest absolute Gasteiger partial charge is 0.465 e. The Balaban J connectivity index is 2.31. The first kappa shape index (κ1) is 12.3. The molecule has 0 saturated heterocycles. The van der Waals surface area contributed by atoms with E-state index >= 15 is 0 Å². The van der Waals surface area contributed by atoms with E-state index in [0.29, 0.717) is 0 Å². The van der Waals surface area contributed by atoms with Gasteiger partial charge in [0.1, 0.15) is 6.10 Å². The number of carboxylic acid groups (broad SMARTS) is 1. The summed E-state index contributed by atoms with van der Waals surface area (Å²) in [6.07, 6.45) is -1.78. The van der Waals surface area contributed by atoms with Crippen molar-refractivity contribution in [3.05, 3.63) is 30.3 Å². The zero-order valence-corrected chi connectivity index (χ0v) is 8.59. The van der Waals surface area contributed by atoms with Crippen molar-refractivity contribution in [3.8, 4) is 0 Å². The standard InChI is InChI=1S/C10H14N2O4/c13-7-9(6-11-10(14)15)16-12-8-4-2-1-3-5-8/h1-5,9,11-13H,6-7H2,(H,14,15). The molecule has 88 valence electrons. The van der Waals surface area contributed by atoms with Crippen LogP contribution in [0.1, 0.15) is 0 Å². The molecule has 0 fully saturated rings. The maximum absolute atomic E-state index is 10.2. The van der Waals surface area contributed by atoms with Crippen molar-refractivity contribution in [3.63, 3.8) is 0 Å². The zero-order chi connectivity index (χ0) is 11.8. The van der Waals surface area contributed by atoms with Gasteiger partial charge < -0.3 is 15.5 Å². The van der Waals surface area contributed by atoms with E-state index in [1.165, 1.54) is 0 Å². The van der Waals surface area contributed by atoms with Gasteiger partial charge in [0.2, 0.25) is 0 Å². The van der Waals surface area contributed by atoms with Crippen LogP contribution in [0.4, 0.5) is 10.5 Å². The summed E-state index contributed by atoms with van der Waals surface area (Å²) in [7, 11) is 0. The van der Waals surface area contributed by atoms with Crippen LogP contribution in [0, 0.1) is 0 Å². The van der Waals surface area contributed by atoms with Crippen LogP contribution in [0.5, 0.6) is 0 Å². The molecule has 4 N–H and O–H groups in total. The fourth-order valence-corrected chi connectivity index (χ4v) is 1.00. The van der Waals surface area contributed by atoms with E-state index < -0.39 is 12.2 Å². The number of carbonyl (C=O) groups is 1. The number of aliphatic hydroxyl groups excluding tert-OH is 1. The first-order chi connectivity index (χ1) is 7.72. The van der Waals surface area contributed by atoms with Gasteiger partial charge in [-0.25, -0.2) is 4.79 Å². The summed E-state index contributed by atoms with van der Waals surface area (Å²) in [5.74, 6) is 0. The molecule has 0 spiro atoms. The number of hydrogen-bond donors (Lipinski definition) is 4. The van der Waals surface area contributed by atoms with Gasteiger partial charge in [-0.05, 0) is 12.1 Å². The third-order valence-electron chi connectivity index (χ3n) is 1.80. The van der Waals surface area contributed by atoms with Crippen molar-refractivity contribution in [2.24, 2.45) is 0 Å². The Morgan fingerprint density at radius 1 is 1.38 bits per heavy atom. The van der Waals surface area contributed by atoms with Crippen LogP contribution in [0.25, 0.3) is 0 Å². The first-order valence-electron chi connectivity index (χ1n) is 4.76. The molecule has 1 aromatic rings. The van der Waals surface area contributed by atoms with Crippen molar-refractivity contribution in [2.75, 3.05) is 18.6 Å². The lowest BCUT2D eigenvalue weighted by molar-refractivity contribution is 0.0475. The highest BCUT2D eigenvalue weighted by atomic mass is 16.7. The fourth-order valence-electron chi connectivity index (χ4n) is 1.00. The van der Waals surface area contributed by atoms with Crippen molar-refractivity contribution in [1.82, 2.24) is 5.32 Å². The molecule has 1 unspecified atom stereocenters. The van der Waals surface area contributed by atoms with Gasteiger partial charge in [0.25, 0.3) is 0 Å². The number of aliphatic hydroxyl groups is 1. The van der Waals surface area contributed by atoms with Gasteiger partial charge in [-0.2, -0.15) is 0 Å². The lowest BCUT2D eigenvalue weighted by Crippen LogP contribution is -2.36. The summed E-state index contributed by atoms with van der Waals surface area (Å²) < 4.78 is 0. The van der Waals surface area contributed by atoms with Gasteiger partial charge in [0, 0.05) is 0 Å². The van der Waals surface area contributed by atoms with Crippen LogP contribution >= 0.6 is 0 Å². The van der Waals surface area contributed by atoms with Gasteiger partial charge in [0.05, 0.1) is 18.8 Å². The second kappa shape index (κ2) is 6.65. The van der Waals surface area contributed by atoms with E-state index in [-0.39, 0.29) is 13.2 Å². The molecule has 0 radical (unpaired) electrons. The molecule has 0 heterocycles. The minimum atomic E-state index is -1.15. The maximum Gasteiger partial charge on any atom is 0.404 e. The SMILES string of the molecule is O=C(O)NCC(CO)ONc1ccccc1. The molecule has 0 aliphatic rings. The molecule has 1 rings (SSSR count). The topological polar surface area (TPSA) is 90.8 Å². The number of nitrogens with one attached hydrogen (secondary N) is 2. The van der Waals surface area contributed by atoms with Crippen LogP contribution in [0.15, 0.2) is 30.3 Å². The zero-order valence-electron chi connectivity index (χ0n) is 8.59. The molecule has 0 aromatic heterocycles. The van der Waals surface area contributed by atoms with Crippen LogP contribution in [-0.4, -0.2) is 35.6 Å². The monoisotopic (exact) mass is 226 g/mol. The number of benzene rings is 1. The summed E-state index contributed by atoms with van der Waals surface area (Å²) in [4.78, 5) is 15.3. The molecule has 1 atom stereocenters. The van der Waals surface area contributed by atoms with Gasteiger partial charge in [-0.15, -0.1) is 0 Å². The Hall–Kier alpha value is -1.79. The minimum absolute atomic E-state index is 0.0195. The summed E-state index contributed by atoms with van der Waals surface area (Å²) in [6.45, 7) is -0.258. The summed E-state index contributed by atoms with van der Waals surface area (Å²) in [5.41, 5.74) is 3.36. The van der Waals surface area contributed by atoms with Gasteiger partial charge in [-0.3, -0.25) is 10.3 Å². The second-order valence-electron chi connectivity index (χ2n) is 3.08. The predicted molar refractivity (Wildman–Crippen MR) is 58.1 cm³/mol. The number of amides is 1. The molecule has 6 nitrogen and oxygen atoms in total. The number of anilines is 1. The average molecular weight is 226 g/mol. The van der Waals surface area contributed by atoms with Gasteiger partial charge in [0.15, 0.2) is 0 Å². The van der Waals surface area contributed by atoms with Crippen molar-refractivity contribution in [2.45, 2.75) is 6.10 Å². The lowest BCUT2D eigenvalue weighted by Gasteiger charge is -2.15. The Morgan fingerprint density at radius 3 is 2.62 bits per heavy atom. The third-order valence-corrected chi connectivity index (χ3v) is 1.80. The fraction of sp³-hybridized carbons (Fsp3) is 0.300. The Morgan fingerprint density at radius 2 is 2.06 bits per heavy atom. The predicted octanol–water partition coefficient (Wildman–Crippen LogP) is 0.659. The van der Waals surface area contributed by atoms with Crippen molar-refractivity contribution < 1.29 is 19.8 Å². The minimum Gasteiger partial charge on any atom is -0.465 e. The number of rotatable bonds is 6. The second-order valence-corrected chi connectivity index (χ2v) is 3.08. The van der Waals surface area contributed by atoms with Crippen molar-refractivity contribution in [1.29, 1.82) is 0 Å². The molecule has 1 amide bonds. The smallest absolute Gasteiger partial charge is 0.404 e. The van der Waals surface area contributed by atoms with E-state index in [4.69, 9.17) is 15.1 Å². The van der Waals surface area contributed by atoms with E-state index in [1.54, 1.807) is 12.1 Å². The average Bonchev–Trinajstić information content (AvgIpc) is 2.30. The normalized spacial score (nSPS) is 11.8. The molecule has 1 aromatic carbocycles. The van der Waals surface area contributed by atoms with Crippen molar-refractivity contribution >= 4 is 11.8 Å².